The number of fused-ring (bicyclic) bond motifs is 1. The van der Waals surface area contributed by atoms with Crippen molar-refractivity contribution < 1.29 is 14.3 Å². The Kier molecular flexibility index (Phi) is 8.41. The number of anilines is 1. The van der Waals surface area contributed by atoms with Gasteiger partial charge in [0.1, 0.15) is 11.6 Å². The molecular formula is C26H29N3O3S3. The molecule has 184 valence electrons. The largest absolute Gasteiger partial charge is 0.496 e. The molecule has 3 aromatic rings. The topological polar surface area (TPSA) is 73.3 Å². The van der Waals surface area contributed by atoms with Gasteiger partial charge in [-0.1, -0.05) is 31.3 Å². The van der Waals surface area contributed by atoms with Crippen LogP contribution >= 0.6 is 35.3 Å². The van der Waals surface area contributed by atoms with E-state index in [1.54, 1.807) is 18.4 Å². The quantitative estimate of drug-likeness (QED) is 0.295. The molecular weight excluding hydrogens is 499 g/mol. The van der Waals surface area contributed by atoms with Gasteiger partial charge in [0.05, 0.1) is 41.1 Å². The Morgan fingerprint density at radius 3 is 2.77 bits per heavy atom. The van der Waals surface area contributed by atoms with Gasteiger partial charge in [0.15, 0.2) is 0 Å². The molecule has 0 radical (unpaired) electrons. The highest BCUT2D eigenvalue weighted by molar-refractivity contribution is 8.02. The van der Waals surface area contributed by atoms with E-state index in [-0.39, 0.29) is 16.5 Å². The molecule has 1 N–H and O–H groups in total. The highest BCUT2D eigenvalue weighted by Gasteiger charge is 2.32. The number of nitrogens with zero attached hydrogens (tertiary/aromatic N) is 2. The third-order valence-electron chi connectivity index (χ3n) is 6.09. The molecule has 3 heterocycles. The van der Waals surface area contributed by atoms with E-state index in [1.165, 1.54) is 18.2 Å². The summed E-state index contributed by atoms with van der Waals surface area (Å²) in [5.74, 6) is 1.47. The SMILES string of the molecule is CCc1cnc2c(c1)C(c1cccc(OC)c1C)SC(Cc1ncc(CCC(=O)OC)s1)C(=S)N2. The molecule has 6 nitrogen and oxygen atoms in total. The Morgan fingerprint density at radius 1 is 1.20 bits per heavy atom. The van der Waals surface area contributed by atoms with Gasteiger partial charge < -0.3 is 14.8 Å². The maximum Gasteiger partial charge on any atom is 0.305 e. The average molecular weight is 528 g/mol. The van der Waals surface area contributed by atoms with Crippen molar-refractivity contribution in [1.29, 1.82) is 0 Å². The number of benzene rings is 1. The Labute approximate surface area is 219 Å². The number of esters is 1. The molecule has 2 aromatic heterocycles. The minimum atomic E-state index is -0.210. The van der Waals surface area contributed by atoms with E-state index in [1.807, 2.05) is 36.3 Å². The van der Waals surface area contributed by atoms with Crippen molar-refractivity contribution in [3.8, 4) is 5.75 Å². The van der Waals surface area contributed by atoms with Crippen molar-refractivity contribution in [3.63, 3.8) is 0 Å². The van der Waals surface area contributed by atoms with Crippen LogP contribution in [0, 0.1) is 6.92 Å². The van der Waals surface area contributed by atoms with Crippen LogP contribution in [0.5, 0.6) is 5.75 Å². The van der Waals surface area contributed by atoms with Crippen molar-refractivity contribution in [3.05, 3.63) is 68.8 Å². The lowest BCUT2D eigenvalue weighted by atomic mass is 9.98. The average Bonchev–Trinajstić information content (AvgIpc) is 3.27. The monoisotopic (exact) mass is 527 g/mol. The standard InChI is InChI=1S/C26H29N3O3S3/c1-5-16-11-19-24(18-7-6-8-20(31-3)15(18)2)35-21(26(33)29-25(19)28-13-16)12-22-27-14-17(34-22)9-10-23(30)32-4/h6-8,11,13-14,21,24H,5,9-10,12H2,1-4H3,(H,28,29,33). The highest BCUT2D eigenvalue weighted by Crippen LogP contribution is 2.47. The number of carbonyl (C=O) groups excluding carboxylic acids is 1. The number of thiocarbonyl (C=S) groups is 1. The van der Waals surface area contributed by atoms with Crippen molar-refractivity contribution in [2.45, 2.75) is 50.0 Å². The minimum Gasteiger partial charge on any atom is -0.496 e. The number of methoxy groups -OCH3 is 2. The lowest BCUT2D eigenvalue weighted by molar-refractivity contribution is -0.140. The van der Waals surface area contributed by atoms with Crippen molar-refractivity contribution in [1.82, 2.24) is 9.97 Å². The number of aromatic nitrogens is 2. The number of thioether (sulfide) groups is 1. The van der Waals surface area contributed by atoms with Gasteiger partial charge in [0.2, 0.25) is 0 Å². The van der Waals surface area contributed by atoms with Crippen LogP contribution in [0.25, 0.3) is 0 Å². The van der Waals surface area contributed by atoms with Gasteiger partial charge in [-0.15, -0.1) is 23.1 Å². The number of aryl methyl sites for hydroxylation is 2. The first kappa shape index (κ1) is 25.6. The molecule has 9 heteroatoms. The number of hydrogen-bond donors (Lipinski definition) is 1. The molecule has 1 aliphatic rings. The number of hydrogen-bond acceptors (Lipinski definition) is 8. The molecule has 0 saturated carbocycles. The minimum absolute atomic E-state index is 0.0134. The first-order valence-electron chi connectivity index (χ1n) is 11.5. The molecule has 2 atom stereocenters. The Morgan fingerprint density at radius 2 is 2.03 bits per heavy atom. The summed E-state index contributed by atoms with van der Waals surface area (Å²) >= 11 is 9.32. The van der Waals surface area contributed by atoms with E-state index in [4.69, 9.17) is 26.7 Å². The van der Waals surface area contributed by atoms with E-state index >= 15 is 0 Å². The number of thiazole rings is 1. The highest BCUT2D eigenvalue weighted by atomic mass is 32.2. The number of ether oxygens (including phenoxy) is 2. The Balaban J connectivity index is 1.66. The number of rotatable bonds is 8. The maximum absolute atomic E-state index is 11.5. The van der Waals surface area contributed by atoms with Crippen molar-refractivity contribution in [2.24, 2.45) is 0 Å². The second-order valence-electron chi connectivity index (χ2n) is 8.30. The lowest BCUT2D eigenvalue weighted by Crippen LogP contribution is -2.24. The molecule has 0 bridgehead atoms. The molecule has 1 aliphatic heterocycles. The van der Waals surface area contributed by atoms with Gasteiger partial charge in [-0.2, -0.15) is 0 Å². The number of carbonyl (C=O) groups is 1. The molecule has 0 fully saturated rings. The van der Waals surface area contributed by atoms with E-state index in [0.29, 0.717) is 19.3 Å². The van der Waals surface area contributed by atoms with Crippen molar-refractivity contribution >= 4 is 52.1 Å². The van der Waals surface area contributed by atoms with E-state index < -0.39 is 0 Å². The van der Waals surface area contributed by atoms with E-state index in [0.717, 1.165) is 44.0 Å². The van der Waals surface area contributed by atoms with E-state index in [2.05, 4.69) is 36.3 Å². The molecule has 35 heavy (non-hydrogen) atoms. The van der Waals surface area contributed by atoms with Gasteiger partial charge in [0.25, 0.3) is 0 Å². The van der Waals surface area contributed by atoms with Crippen LogP contribution < -0.4 is 10.1 Å². The molecule has 0 spiro atoms. The summed E-state index contributed by atoms with van der Waals surface area (Å²) < 4.78 is 10.4. The Hall–Kier alpha value is -2.49. The molecule has 0 amide bonds. The second-order valence-corrected chi connectivity index (χ2v) is 11.3. The fourth-order valence-corrected chi connectivity index (χ4v) is 7.00. The third-order valence-corrected chi connectivity index (χ3v) is 9.22. The first-order chi connectivity index (χ1) is 16.9. The molecule has 1 aromatic carbocycles. The third kappa shape index (κ3) is 5.85. The summed E-state index contributed by atoms with van der Waals surface area (Å²) in [6, 6.07) is 8.44. The molecule has 2 unspecified atom stereocenters. The second kappa shape index (κ2) is 11.5. The van der Waals surface area contributed by atoms with Gasteiger partial charge in [-0.3, -0.25) is 4.79 Å². The Bertz CT molecular complexity index is 1230. The van der Waals surface area contributed by atoms with Crippen molar-refractivity contribution in [2.75, 3.05) is 19.5 Å². The number of nitrogens with one attached hydrogen (secondary N) is 1. The van der Waals surface area contributed by atoms with Gasteiger partial charge in [-0.05, 0) is 48.6 Å². The zero-order valence-corrected chi connectivity index (χ0v) is 22.7. The van der Waals surface area contributed by atoms with Gasteiger partial charge in [0, 0.05) is 29.3 Å². The van der Waals surface area contributed by atoms with E-state index in [9.17, 15) is 4.79 Å². The zero-order chi connectivity index (χ0) is 24.9. The van der Waals surface area contributed by atoms with Crippen LogP contribution in [0.2, 0.25) is 0 Å². The number of pyridine rings is 1. The summed E-state index contributed by atoms with van der Waals surface area (Å²) in [7, 11) is 3.12. The first-order valence-corrected chi connectivity index (χ1v) is 13.7. The summed E-state index contributed by atoms with van der Waals surface area (Å²) in [5, 5.41) is 4.48. The predicted octanol–water partition coefficient (Wildman–Crippen LogP) is 5.71. The van der Waals surface area contributed by atoms with Crippen LogP contribution in [0.3, 0.4) is 0 Å². The van der Waals surface area contributed by atoms with Crippen LogP contribution in [0.4, 0.5) is 5.82 Å². The summed E-state index contributed by atoms with van der Waals surface area (Å²) in [6.07, 6.45) is 6.38. The van der Waals surface area contributed by atoms with Crippen LogP contribution in [-0.4, -0.2) is 40.4 Å². The molecule has 0 saturated heterocycles. The zero-order valence-electron chi connectivity index (χ0n) is 20.3. The molecule has 0 aliphatic carbocycles. The normalized spacial score (nSPS) is 17.3. The summed E-state index contributed by atoms with van der Waals surface area (Å²) in [6.45, 7) is 4.24. The van der Waals surface area contributed by atoms with Gasteiger partial charge in [-0.25, -0.2) is 9.97 Å². The predicted molar refractivity (Wildman–Crippen MR) is 147 cm³/mol. The maximum atomic E-state index is 11.5. The summed E-state index contributed by atoms with van der Waals surface area (Å²) in [4.78, 5) is 22.7. The summed E-state index contributed by atoms with van der Waals surface area (Å²) in [5.41, 5.74) is 4.64. The van der Waals surface area contributed by atoms with Crippen LogP contribution in [0.1, 0.15) is 50.7 Å². The fourth-order valence-electron chi connectivity index (χ4n) is 4.08. The molecule has 4 rings (SSSR count). The van der Waals surface area contributed by atoms with Gasteiger partial charge >= 0.3 is 5.97 Å². The smallest absolute Gasteiger partial charge is 0.305 e. The van der Waals surface area contributed by atoms with Crippen LogP contribution in [0.15, 0.2) is 36.7 Å². The van der Waals surface area contributed by atoms with Crippen LogP contribution in [-0.2, 0) is 28.8 Å². The lowest BCUT2D eigenvalue weighted by Gasteiger charge is -2.23. The fraction of sp³-hybridized carbons (Fsp3) is 0.385.